The minimum Gasteiger partial charge on any atom is -0.369 e. The molecule has 5 nitrogen and oxygen atoms in total. The zero-order valence-corrected chi connectivity index (χ0v) is 9.41. The Kier molecular flexibility index (Phi) is 2.38. The molecule has 1 aromatic rings. The van der Waals surface area contributed by atoms with Gasteiger partial charge >= 0.3 is 0 Å². The number of aryl methyl sites for hydroxylation is 1. The van der Waals surface area contributed by atoms with Crippen LogP contribution in [0, 0.1) is 12.8 Å². The maximum atomic E-state index is 5.65. The summed E-state index contributed by atoms with van der Waals surface area (Å²) in [6, 6.07) is 0. The molecule has 3 N–H and O–H groups in total. The molecule has 82 valence electrons. The highest BCUT2D eigenvalue weighted by atomic mass is 15.5. The fraction of sp³-hybridized carbons (Fsp3) is 0.600. The fourth-order valence-electron chi connectivity index (χ4n) is 1.75. The molecule has 0 fully saturated rings. The molecule has 0 atom stereocenters. The number of nitrogens with two attached hydrogens (primary N) is 1. The summed E-state index contributed by atoms with van der Waals surface area (Å²) in [6.45, 7) is 6.98. The first-order chi connectivity index (χ1) is 7.08. The number of rotatable bonds is 2. The minimum atomic E-state index is 0.463. The van der Waals surface area contributed by atoms with Gasteiger partial charge in [0.05, 0.1) is 17.9 Å². The standard InChI is InChI=1S/C10H17N5/c1-6(2)4-9-13-7(3)8-5-12-10(11)14-15(8)9/h6H,4-5H2,1-3H3,(H3,11,12,14). The molecule has 0 amide bonds. The molecule has 2 heterocycles. The SMILES string of the molecule is Cc1nc(CC(C)C)n2c1CN=C(N)N2. The van der Waals surface area contributed by atoms with Crippen LogP contribution in [0.25, 0.3) is 0 Å². The predicted molar refractivity (Wildman–Crippen MR) is 60.2 cm³/mol. The smallest absolute Gasteiger partial charge is 0.208 e. The number of hydrogen-bond acceptors (Lipinski definition) is 4. The van der Waals surface area contributed by atoms with Crippen LogP contribution < -0.4 is 11.2 Å². The van der Waals surface area contributed by atoms with Gasteiger partial charge in [-0.1, -0.05) is 13.8 Å². The first kappa shape index (κ1) is 10.0. The fourth-order valence-corrected chi connectivity index (χ4v) is 1.75. The summed E-state index contributed by atoms with van der Waals surface area (Å²) in [6.07, 6.45) is 0.946. The van der Waals surface area contributed by atoms with Crippen molar-refractivity contribution in [3.05, 3.63) is 17.2 Å². The van der Waals surface area contributed by atoms with Gasteiger partial charge in [-0.05, 0) is 12.8 Å². The third-order valence-electron chi connectivity index (χ3n) is 2.46. The number of fused-ring (bicyclic) bond motifs is 1. The Bertz CT molecular complexity index is 402. The maximum Gasteiger partial charge on any atom is 0.208 e. The van der Waals surface area contributed by atoms with E-state index < -0.39 is 0 Å². The Morgan fingerprint density at radius 1 is 1.53 bits per heavy atom. The van der Waals surface area contributed by atoms with Gasteiger partial charge < -0.3 is 5.73 Å². The van der Waals surface area contributed by atoms with Crippen LogP contribution in [0.3, 0.4) is 0 Å². The molecular formula is C10H17N5. The van der Waals surface area contributed by atoms with E-state index in [-0.39, 0.29) is 0 Å². The molecule has 0 bridgehead atoms. The summed E-state index contributed by atoms with van der Waals surface area (Å²) in [4.78, 5) is 8.69. The number of imidazole rings is 1. The number of aliphatic imine (C=N–C) groups is 1. The highest BCUT2D eigenvalue weighted by Crippen LogP contribution is 2.16. The monoisotopic (exact) mass is 207 g/mol. The van der Waals surface area contributed by atoms with E-state index in [1.807, 2.05) is 11.6 Å². The molecule has 5 heteroatoms. The van der Waals surface area contributed by atoms with Gasteiger partial charge in [-0.25, -0.2) is 14.7 Å². The number of guanidine groups is 1. The molecular weight excluding hydrogens is 190 g/mol. The Morgan fingerprint density at radius 2 is 2.27 bits per heavy atom. The Hall–Kier alpha value is -1.52. The summed E-state index contributed by atoms with van der Waals surface area (Å²) < 4.78 is 1.97. The molecule has 15 heavy (non-hydrogen) atoms. The lowest BCUT2D eigenvalue weighted by atomic mass is 10.1. The van der Waals surface area contributed by atoms with E-state index in [0.717, 1.165) is 23.6 Å². The van der Waals surface area contributed by atoms with E-state index in [0.29, 0.717) is 18.4 Å². The van der Waals surface area contributed by atoms with E-state index in [2.05, 4.69) is 29.2 Å². The zero-order chi connectivity index (χ0) is 11.0. The van der Waals surface area contributed by atoms with E-state index in [1.165, 1.54) is 0 Å². The summed E-state index contributed by atoms with van der Waals surface area (Å²) in [7, 11) is 0. The van der Waals surface area contributed by atoms with Crippen molar-refractivity contribution in [1.29, 1.82) is 0 Å². The van der Waals surface area contributed by atoms with Gasteiger partial charge in [0.15, 0.2) is 0 Å². The van der Waals surface area contributed by atoms with Gasteiger partial charge in [0.2, 0.25) is 5.96 Å². The van der Waals surface area contributed by atoms with Gasteiger partial charge in [0, 0.05) is 6.42 Å². The zero-order valence-electron chi connectivity index (χ0n) is 9.41. The van der Waals surface area contributed by atoms with Crippen LogP contribution in [-0.4, -0.2) is 15.6 Å². The van der Waals surface area contributed by atoms with Crippen molar-refractivity contribution in [2.24, 2.45) is 16.6 Å². The van der Waals surface area contributed by atoms with Crippen molar-refractivity contribution in [2.45, 2.75) is 33.7 Å². The maximum absolute atomic E-state index is 5.65. The lowest BCUT2D eigenvalue weighted by molar-refractivity contribution is 0.601. The molecule has 1 aliphatic rings. The number of nitrogens with one attached hydrogen (secondary N) is 1. The van der Waals surface area contributed by atoms with Crippen LogP contribution >= 0.6 is 0 Å². The average molecular weight is 207 g/mol. The largest absolute Gasteiger partial charge is 0.369 e. The second-order valence-electron chi connectivity index (χ2n) is 4.31. The van der Waals surface area contributed by atoms with Gasteiger partial charge in [-0.15, -0.1) is 0 Å². The highest BCUT2D eigenvalue weighted by Gasteiger charge is 2.18. The second kappa shape index (κ2) is 3.56. The van der Waals surface area contributed by atoms with E-state index in [4.69, 9.17) is 5.73 Å². The van der Waals surface area contributed by atoms with Crippen molar-refractivity contribution >= 4 is 5.96 Å². The summed E-state index contributed by atoms with van der Waals surface area (Å²) >= 11 is 0. The quantitative estimate of drug-likeness (QED) is 0.752. The topological polar surface area (TPSA) is 68.2 Å². The first-order valence-corrected chi connectivity index (χ1v) is 5.22. The summed E-state index contributed by atoms with van der Waals surface area (Å²) in [5.41, 5.74) is 10.8. The number of nitrogens with zero attached hydrogens (tertiary/aromatic N) is 3. The van der Waals surface area contributed by atoms with Gasteiger partial charge in [0.1, 0.15) is 5.82 Å². The Balaban J connectivity index is 2.35. The Morgan fingerprint density at radius 3 is 2.93 bits per heavy atom. The van der Waals surface area contributed by atoms with Crippen LogP contribution in [0.2, 0.25) is 0 Å². The van der Waals surface area contributed by atoms with E-state index in [1.54, 1.807) is 0 Å². The summed E-state index contributed by atoms with van der Waals surface area (Å²) in [5.74, 6) is 2.08. The van der Waals surface area contributed by atoms with E-state index in [9.17, 15) is 0 Å². The first-order valence-electron chi connectivity index (χ1n) is 5.22. The molecule has 0 radical (unpaired) electrons. The lowest BCUT2D eigenvalue weighted by Crippen LogP contribution is -2.35. The summed E-state index contributed by atoms with van der Waals surface area (Å²) in [5, 5.41) is 0. The number of aromatic nitrogens is 2. The Labute approximate surface area is 89.4 Å². The van der Waals surface area contributed by atoms with Crippen molar-refractivity contribution in [3.63, 3.8) is 0 Å². The molecule has 0 aromatic carbocycles. The van der Waals surface area contributed by atoms with Crippen molar-refractivity contribution in [3.8, 4) is 0 Å². The molecule has 2 rings (SSSR count). The normalized spacial score (nSPS) is 14.8. The van der Waals surface area contributed by atoms with Crippen molar-refractivity contribution in [1.82, 2.24) is 9.66 Å². The second-order valence-corrected chi connectivity index (χ2v) is 4.31. The van der Waals surface area contributed by atoms with E-state index >= 15 is 0 Å². The minimum absolute atomic E-state index is 0.463. The molecule has 0 saturated carbocycles. The van der Waals surface area contributed by atoms with Crippen molar-refractivity contribution < 1.29 is 0 Å². The van der Waals surface area contributed by atoms with Crippen LogP contribution in [0.1, 0.15) is 31.1 Å². The molecule has 1 aliphatic heterocycles. The third kappa shape index (κ3) is 1.82. The van der Waals surface area contributed by atoms with Gasteiger partial charge in [-0.2, -0.15) is 0 Å². The van der Waals surface area contributed by atoms with Gasteiger partial charge in [0.25, 0.3) is 0 Å². The molecule has 0 saturated heterocycles. The van der Waals surface area contributed by atoms with Crippen molar-refractivity contribution in [2.75, 3.05) is 5.43 Å². The predicted octanol–water partition coefficient (Wildman–Crippen LogP) is 0.762. The molecule has 1 aromatic heterocycles. The third-order valence-corrected chi connectivity index (χ3v) is 2.46. The lowest BCUT2D eigenvalue weighted by Gasteiger charge is -2.17. The molecule has 0 spiro atoms. The highest BCUT2D eigenvalue weighted by molar-refractivity contribution is 5.86. The van der Waals surface area contributed by atoms with Crippen LogP contribution in [-0.2, 0) is 13.0 Å². The molecule has 0 aliphatic carbocycles. The van der Waals surface area contributed by atoms with Gasteiger partial charge in [-0.3, -0.25) is 5.43 Å². The molecule has 0 unspecified atom stereocenters. The van der Waals surface area contributed by atoms with Crippen LogP contribution in [0.5, 0.6) is 0 Å². The van der Waals surface area contributed by atoms with Crippen LogP contribution in [0.15, 0.2) is 4.99 Å². The number of hydrogen-bond donors (Lipinski definition) is 2. The average Bonchev–Trinajstić information content (AvgIpc) is 2.42. The van der Waals surface area contributed by atoms with Crippen LogP contribution in [0.4, 0.5) is 0 Å².